The highest BCUT2D eigenvalue weighted by Crippen LogP contribution is 2.24. The Kier molecular flexibility index (Phi) is 7.54. The third-order valence-electron chi connectivity index (χ3n) is 3.67. The minimum Gasteiger partial charge on any atom is -0.484 e. The van der Waals surface area contributed by atoms with Crippen molar-refractivity contribution in [3.05, 3.63) is 29.3 Å². The number of nitrogens with one attached hydrogen (secondary N) is 1. The fourth-order valence-electron chi connectivity index (χ4n) is 2.46. The summed E-state index contributed by atoms with van der Waals surface area (Å²) in [6.45, 7) is 2.90. The third kappa shape index (κ3) is 5.56. The number of aryl methyl sites for hydroxylation is 1. The van der Waals surface area contributed by atoms with Crippen LogP contribution in [0.3, 0.4) is 0 Å². The largest absolute Gasteiger partial charge is 0.484 e. The third-order valence-corrected chi connectivity index (χ3v) is 3.67. The van der Waals surface area contributed by atoms with Crippen LogP contribution in [0.4, 0.5) is 0 Å². The summed E-state index contributed by atoms with van der Waals surface area (Å²) >= 11 is 0. The van der Waals surface area contributed by atoms with Crippen LogP contribution in [0.1, 0.15) is 37.3 Å². The van der Waals surface area contributed by atoms with Gasteiger partial charge in [-0.05, 0) is 48.9 Å². The Morgan fingerprint density at radius 1 is 1.43 bits per heavy atom. The maximum Gasteiger partial charge on any atom is 0.257 e. The molecule has 5 heteroatoms. The molecule has 3 N–H and O–H groups in total. The highest BCUT2D eigenvalue weighted by atomic mass is 35.5. The molecule has 21 heavy (non-hydrogen) atoms. The summed E-state index contributed by atoms with van der Waals surface area (Å²) in [6.07, 6.45) is 5.06. The van der Waals surface area contributed by atoms with Crippen LogP contribution >= 0.6 is 12.4 Å². The van der Waals surface area contributed by atoms with E-state index in [-0.39, 0.29) is 31.0 Å². The molecule has 1 amide bonds. The zero-order valence-electron chi connectivity index (χ0n) is 12.6. The molecule has 1 atom stereocenters. The molecule has 0 aromatic heterocycles. The average molecular weight is 313 g/mol. The topological polar surface area (TPSA) is 64.3 Å². The van der Waals surface area contributed by atoms with Crippen LogP contribution in [0, 0.1) is 0 Å². The van der Waals surface area contributed by atoms with Gasteiger partial charge in [-0.15, -0.1) is 12.4 Å². The molecule has 4 nitrogen and oxygen atoms in total. The highest BCUT2D eigenvalue weighted by molar-refractivity contribution is 5.85. The van der Waals surface area contributed by atoms with E-state index in [2.05, 4.69) is 18.3 Å². The first-order valence-electron chi connectivity index (χ1n) is 7.46. The van der Waals surface area contributed by atoms with Crippen molar-refractivity contribution in [2.24, 2.45) is 5.73 Å². The second-order valence-corrected chi connectivity index (χ2v) is 5.43. The van der Waals surface area contributed by atoms with Crippen LogP contribution in [-0.4, -0.2) is 25.1 Å². The second kappa shape index (κ2) is 8.90. The van der Waals surface area contributed by atoms with Gasteiger partial charge in [-0.3, -0.25) is 4.79 Å². The number of amides is 1. The normalized spacial score (nSPS) is 16.6. The molecule has 1 aliphatic carbocycles. The fraction of sp³-hybridized carbons (Fsp3) is 0.562. The summed E-state index contributed by atoms with van der Waals surface area (Å²) in [7, 11) is 0. The lowest BCUT2D eigenvalue weighted by Crippen LogP contribution is -2.30. The molecule has 2 rings (SSSR count). The molecule has 118 valence electrons. The number of ether oxygens (including phenoxy) is 1. The van der Waals surface area contributed by atoms with Crippen LogP contribution in [0.25, 0.3) is 0 Å². The van der Waals surface area contributed by atoms with Crippen molar-refractivity contribution in [2.45, 2.75) is 45.1 Å². The Morgan fingerprint density at radius 3 is 3.00 bits per heavy atom. The number of benzene rings is 1. The summed E-state index contributed by atoms with van der Waals surface area (Å²) in [4.78, 5) is 11.6. The summed E-state index contributed by atoms with van der Waals surface area (Å²) in [5, 5.41) is 2.84. The van der Waals surface area contributed by atoms with E-state index in [1.807, 2.05) is 12.1 Å². The Balaban J connectivity index is 0.00000220. The standard InChI is InChI=1S/C16H24N2O2.ClH/c1-2-3-8-18-16(19)11-20-15-7-5-12-4-6-14(17)9-13(12)10-15;/h5,7,10,14H,2-4,6,8-9,11,17H2,1H3,(H,18,19);1H/t14-;/m0./s1. The first kappa shape index (κ1) is 17.8. The molecule has 0 unspecified atom stereocenters. The van der Waals surface area contributed by atoms with Crippen molar-refractivity contribution >= 4 is 18.3 Å². The van der Waals surface area contributed by atoms with E-state index in [1.54, 1.807) is 0 Å². The van der Waals surface area contributed by atoms with E-state index in [0.717, 1.165) is 44.4 Å². The molecule has 0 fully saturated rings. The first-order valence-corrected chi connectivity index (χ1v) is 7.46. The van der Waals surface area contributed by atoms with Crippen molar-refractivity contribution in [2.75, 3.05) is 13.2 Å². The van der Waals surface area contributed by atoms with E-state index < -0.39 is 0 Å². The number of carbonyl (C=O) groups excluding carboxylic acids is 1. The fourth-order valence-corrected chi connectivity index (χ4v) is 2.46. The van der Waals surface area contributed by atoms with Gasteiger partial charge in [0.15, 0.2) is 6.61 Å². The minimum absolute atomic E-state index is 0. The van der Waals surface area contributed by atoms with Crippen molar-refractivity contribution in [1.82, 2.24) is 5.32 Å². The predicted molar refractivity (Wildman–Crippen MR) is 87.1 cm³/mol. The highest BCUT2D eigenvalue weighted by Gasteiger charge is 2.16. The van der Waals surface area contributed by atoms with Crippen molar-refractivity contribution in [3.63, 3.8) is 0 Å². The summed E-state index contributed by atoms with van der Waals surface area (Å²) in [5.41, 5.74) is 8.60. The van der Waals surface area contributed by atoms with Gasteiger partial charge in [0.1, 0.15) is 5.75 Å². The molecule has 0 heterocycles. The van der Waals surface area contributed by atoms with E-state index in [9.17, 15) is 4.79 Å². The van der Waals surface area contributed by atoms with Gasteiger partial charge >= 0.3 is 0 Å². The predicted octanol–water partition coefficient (Wildman–Crippen LogP) is 2.22. The van der Waals surface area contributed by atoms with Gasteiger partial charge in [0, 0.05) is 12.6 Å². The zero-order valence-corrected chi connectivity index (χ0v) is 13.4. The van der Waals surface area contributed by atoms with E-state index in [4.69, 9.17) is 10.5 Å². The van der Waals surface area contributed by atoms with Gasteiger partial charge in [0.05, 0.1) is 0 Å². The molecule has 0 aliphatic heterocycles. The maximum atomic E-state index is 11.6. The first-order chi connectivity index (χ1) is 9.69. The molecule has 1 aromatic rings. The van der Waals surface area contributed by atoms with Gasteiger partial charge in [-0.2, -0.15) is 0 Å². The van der Waals surface area contributed by atoms with E-state index >= 15 is 0 Å². The Hall–Kier alpha value is -1.26. The molecule has 0 spiro atoms. The van der Waals surface area contributed by atoms with Crippen molar-refractivity contribution in [3.8, 4) is 5.75 Å². The van der Waals surface area contributed by atoms with Crippen LogP contribution in [0.2, 0.25) is 0 Å². The van der Waals surface area contributed by atoms with Gasteiger partial charge in [0.2, 0.25) is 0 Å². The molecule has 1 aromatic carbocycles. The van der Waals surface area contributed by atoms with Crippen LogP contribution in [0.5, 0.6) is 5.75 Å². The maximum absolute atomic E-state index is 11.6. The number of carbonyl (C=O) groups is 1. The number of hydrogen-bond acceptors (Lipinski definition) is 3. The molecule has 0 bridgehead atoms. The lowest BCUT2D eigenvalue weighted by molar-refractivity contribution is -0.123. The van der Waals surface area contributed by atoms with Crippen LogP contribution in [0.15, 0.2) is 18.2 Å². The lowest BCUT2D eigenvalue weighted by Gasteiger charge is -2.21. The number of hydrogen-bond donors (Lipinski definition) is 2. The number of nitrogens with two attached hydrogens (primary N) is 1. The number of fused-ring (bicyclic) bond motifs is 1. The van der Waals surface area contributed by atoms with Crippen LogP contribution < -0.4 is 15.8 Å². The number of halogens is 1. The van der Waals surface area contributed by atoms with Crippen molar-refractivity contribution in [1.29, 1.82) is 0 Å². The quantitative estimate of drug-likeness (QED) is 0.792. The molecular weight excluding hydrogens is 288 g/mol. The van der Waals surface area contributed by atoms with E-state index in [0.29, 0.717) is 0 Å². The smallest absolute Gasteiger partial charge is 0.257 e. The van der Waals surface area contributed by atoms with Crippen LogP contribution in [-0.2, 0) is 17.6 Å². The van der Waals surface area contributed by atoms with Gasteiger partial charge < -0.3 is 15.8 Å². The molecule has 1 aliphatic rings. The van der Waals surface area contributed by atoms with Gasteiger partial charge in [-0.1, -0.05) is 19.4 Å². The van der Waals surface area contributed by atoms with Gasteiger partial charge in [-0.25, -0.2) is 0 Å². The SMILES string of the molecule is CCCCNC(=O)COc1ccc2c(c1)C[C@@H](N)CC2.Cl. The van der Waals surface area contributed by atoms with Gasteiger partial charge in [0.25, 0.3) is 5.91 Å². The Morgan fingerprint density at radius 2 is 2.24 bits per heavy atom. The lowest BCUT2D eigenvalue weighted by atomic mass is 9.89. The molecule has 0 radical (unpaired) electrons. The molecule has 0 saturated carbocycles. The molecule has 0 saturated heterocycles. The summed E-state index contributed by atoms with van der Waals surface area (Å²) < 4.78 is 5.55. The minimum atomic E-state index is -0.0622. The molecular formula is C16H25ClN2O2. The van der Waals surface area contributed by atoms with Crippen molar-refractivity contribution < 1.29 is 9.53 Å². The monoisotopic (exact) mass is 312 g/mol. The number of rotatable bonds is 6. The summed E-state index contributed by atoms with van der Waals surface area (Å²) in [5.74, 6) is 0.691. The average Bonchev–Trinajstić information content (AvgIpc) is 2.45. The number of unbranched alkanes of at least 4 members (excludes halogenated alkanes) is 1. The second-order valence-electron chi connectivity index (χ2n) is 5.43. The van der Waals surface area contributed by atoms with E-state index in [1.165, 1.54) is 11.1 Å². The summed E-state index contributed by atoms with van der Waals surface area (Å²) in [6, 6.07) is 6.30. The zero-order chi connectivity index (χ0) is 14.4. The Bertz CT molecular complexity index is 466. The Labute approximate surface area is 132 Å².